The summed E-state index contributed by atoms with van der Waals surface area (Å²) in [6.07, 6.45) is 5.36. The Hall–Kier alpha value is -3.17. The first-order valence-electron chi connectivity index (χ1n) is 8.71. The summed E-state index contributed by atoms with van der Waals surface area (Å²) in [6.45, 7) is 0. The zero-order chi connectivity index (χ0) is 18.7. The molecule has 132 valence electrons. The summed E-state index contributed by atoms with van der Waals surface area (Å²) >= 11 is 0. The van der Waals surface area contributed by atoms with Crippen molar-refractivity contribution in [2.75, 3.05) is 0 Å². The van der Waals surface area contributed by atoms with Crippen molar-refractivity contribution in [2.45, 2.75) is 0 Å². The van der Waals surface area contributed by atoms with Crippen LogP contribution in [0.25, 0.3) is 15.4 Å². The van der Waals surface area contributed by atoms with Gasteiger partial charge in [0.2, 0.25) is 9.84 Å². The van der Waals surface area contributed by atoms with Crippen molar-refractivity contribution < 1.29 is 8.42 Å². The van der Waals surface area contributed by atoms with Gasteiger partial charge in [0.25, 0.3) is 0 Å². The molecule has 4 rings (SSSR count). The van der Waals surface area contributed by atoms with Crippen molar-refractivity contribution in [2.24, 2.45) is 0 Å². The average Bonchev–Trinajstić information content (AvgIpc) is 2.85. The Bertz CT molecular complexity index is 1140. The van der Waals surface area contributed by atoms with Crippen molar-refractivity contribution in [3.63, 3.8) is 0 Å². The highest BCUT2D eigenvalue weighted by molar-refractivity contribution is 8.09. The van der Waals surface area contributed by atoms with E-state index in [2.05, 4.69) is 0 Å². The summed E-state index contributed by atoms with van der Waals surface area (Å²) in [6, 6.07) is 28.3. The first-order valence-corrected chi connectivity index (χ1v) is 10.2. The van der Waals surface area contributed by atoms with Gasteiger partial charge in [0.1, 0.15) is 0 Å². The second-order valence-electron chi connectivity index (χ2n) is 6.26. The zero-order valence-corrected chi connectivity index (χ0v) is 15.4. The molecular weight excluding hydrogens is 352 g/mol. The van der Waals surface area contributed by atoms with Crippen LogP contribution >= 0.6 is 0 Å². The number of sulfone groups is 1. The smallest absolute Gasteiger partial charge is 0.207 e. The summed E-state index contributed by atoms with van der Waals surface area (Å²) in [5.74, 6) is 0. The molecule has 3 aromatic rings. The molecule has 1 heterocycles. The molecular formula is C24H18O2S. The summed E-state index contributed by atoms with van der Waals surface area (Å²) in [5.41, 5.74) is 3.21. The minimum atomic E-state index is -3.68. The molecule has 27 heavy (non-hydrogen) atoms. The van der Waals surface area contributed by atoms with E-state index in [9.17, 15) is 8.42 Å². The van der Waals surface area contributed by atoms with Crippen molar-refractivity contribution >= 4 is 25.2 Å². The fourth-order valence-electron chi connectivity index (χ4n) is 3.15. The highest BCUT2D eigenvalue weighted by Gasteiger charge is 2.27. The maximum Gasteiger partial charge on any atom is 0.207 e. The third-order valence-electron chi connectivity index (χ3n) is 4.50. The number of allylic oxidation sites excluding steroid dienone is 4. The lowest BCUT2D eigenvalue weighted by molar-refractivity contribution is 0.615. The van der Waals surface area contributed by atoms with Gasteiger partial charge < -0.3 is 0 Å². The molecule has 0 spiro atoms. The van der Waals surface area contributed by atoms with Gasteiger partial charge in [-0.2, -0.15) is 0 Å². The molecule has 0 fully saturated rings. The Balaban J connectivity index is 1.97. The lowest BCUT2D eigenvalue weighted by Crippen LogP contribution is -2.06. The van der Waals surface area contributed by atoms with Gasteiger partial charge in [0.15, 0.2) is 0 Å². The molecule has 2 nitrogen and oxygen atoms in total. The summed E-state index contributed by atoms with van der Waals surface area (Å²) in [4.78, 5) is 0.620. The first-order chi connectivity index (χ1) is 13.2. The third kappa shape index (κ3) is 3.42. The monoisotopic (exact) mass is 370 g/mol. The second-order valence-corrected chi connectivity index (χ2v) is 8.15. The molecule has 0 radical (unpaired) electrons. The number of benzene rings is 3. The maximum absolute atomic E-state index is 13.5. The van der Waals surface area contributed by atoms with E-state index in [-0.39, 0.29) is 0 Å². The molecule has 3 heteroatoms. The lowest BCUT2D eigenvalue weighted by atomic mass is 10.0. The molecule has 3 aromatic carbocycles. The maximum atomic E-state index is 13.5. The Labute approximate surface area is 159 Å². The van der Waals surface area contributed by atoms with E-state index in [0.717, 1.165) is 11.1 Å². The molecule has 1 aliphatic rings. The van der Waals surface area contributed by atoms with Gasteiger partial charge >= 0.3 is 0 Å². The van der Waals surface area contributed by atoms with E-state index in [1.165, 1.54) is 0 Å². The zero-order valence-electron chi connectivity index (χ0n) is 14.6. The fourth-order valence-corrected chi connectivity index (χ4v) is 4.80. The standard InChI is InChI=1S/C24H18O2S/c25-27(26)23(20-12-6-2-7-13-20)17-16-22(19-10-4-1-5-11-19)18-24(27)21-14-8-3-9-15-21/h1-18H. The van der Waals surface area contributed by atoms with Crippen molar-refractivity contribution in [3.05, 3.63) is 126 Å². The minimum Gasteiger partial charge on any atom is -0.218 e. The number of hydrogen-bond acceptors (Lipinski definition) is 2. The quantitative estimate of drug-likeness (QED) is 0.603. The SMILES string of the molecule is O=S1(=O)C(c2ccccc2)=CC=C(c2ccccc2)C=C1c1ccccc1. The van der Waals surface area contributed by atoms with Crippen LogP contribution in [-0.2, 0) is 9.84 Å². The van der Waals surface area contributed by atoms with E-state index in [1.807, 2.05) is 97.1 Å². The average molecular weight is 370 g/mol. The van der Waals surface area contributed by atoms with Gasteiger partial charge in [0, 0.05) is 0 Å². The number of hydrogen-bond donors (Lipinski definition) is 0. The van der Waals surface area contributed by atoms with Crippen LogP contribution in [0.3, 0.4) is 0 Å². The molecule has 1 aliphatic heterocycles. The molecule has 0 saturated carbocycles. The van der Waals surface area contributed by atoms with E-state index >= 15 is 0 Å². The van der Waals surface area contributed by atoms with Gasteiger partial charge in [-0.1, -0.05) is 97.1 Å². The van der Waals surface area contributed by atoms with Crippen molar-refractivity contribution in [1.29, 1.82) is 0 Å². The molecule has 0 aromatic heterocycles. The summed E-state index contributed by atoms with van der Waals surface area (Å²) < 4.78 is 27.1. The Morgan fingerprint density at radius 3 is 1.44 bits per heavy atom. The van der Waals surface area contributed by atoms with Crippen LogP contribution in [0.5, 0.6) is 0 Å². The van der Waals surface area contributed by atoms with Crippen molar-refractivity contribution in [1.82, 2.24) is 0 Å². The predicted octanol–water partition coefficient (Wildman–Crippen LogP) is 5.58. The second kappa shape index (κ2) is 7.22. The van der Waals surface area contributed by atoms with E-state index < -0.39 is 9.84 Å². The minimum absolute atomic E-state index is 0.309. The molecule has 0 amide bonds. The Morgan fingerprint density at radius 1 is 0.481 bits per heavy atom. The van der Waals surface area contributed by atoms with Gasteiger partial charge in [-0.3, -0.25) is 0 Å². The van der Waals surface area contributed by atoms with Crippen LogP contribution in [0.1, 0.15) is 16.7 Å². The highest BCUT2D eigenvalue weighted by Crippen LogP contribution is 2.37. The van der Waals surface area contributed by atoms with Gasteiger partial charge in [-0.25, -0.2) is 8.42 Å². The van der Waals surface area contributed by atoms with E-state index in [4.69, 9.17) is 0 Å². The first kappa shape index (κ1) is 17.3. The summed E-state index contributed by atoms with van der Waals surface area (Å²) in [7, 11) is -3.68. The molecule has 0 saturated heterocycles. The predicted molar refractivity (Wildman–Crippen MR) is 112 cm³/mol. The topological polar surface area (TPSA) is 34.1 Å². The third-order valence-corrected chi connectivity index (χ3v) is 6.39. The molecule has 0 bridgehead atoms. The highest BCUT2D eigenvalue weighted by atomic mass is 32.2. The number of rotatable bonds is 3. The molecule has 0 aliphatic carbocycles. The largest absolute Gasteiger partial charge is 0.218 e. The normalized spacial score (nSPS) is 15.9. The van der Waals surface area contributed by atoms with Crippen LogP contribution in [0, 0.1) is 0 Å². The van der Waals surface area contributed by atoms with Crippen LogP contribution in [0.2, 0.25) is 0 Å². The van der Waals surface area contributed by atoms with Gasteiger partial charge in [-0.05, 0) is 34.4 Å². The molecule has 0 unspecified atom stereocenters. The van der Waals surface area contributed by atoms with Crippen LogP contribution in [0.15, 0.2) is 109 Å². The fraction of sp³-hybridized carbons (Fsp3) is 0. The van der Waals surface area contributed by atoms with Crippen molar-refractivity contribution in [3.8, 4) is 0 Å². The summed E-state index contributed by atoms with van der Waals surface area (Å²) in [5, 5.41) is 0. The van der Waals surface area contributed by atoms with E-state index in [1.54, 1.807) is 12.2 Å². The van der Waals surface area contributed by atoms with E-state index in [0.29, 0.717) is 20.9 Å². The molecule has 0 N–H and O–H groups in total. The lowest BCUT2D eigenvalue weighted by Gasteiger charge is -2.12. The van der Waals surface area contributed by atoms with Crippen LogP contribution < -0.4 is 0 Å². The van der Waals surface area contributed by atoms with Crippen LogP contribution in [0.4, 0.5) is 0 Å². The Kier molecular flexibility index (Phi) is 4.61. The Morgan fingerprint density at radius 2 is 0.926 bits per heavy atom. The van der Waals surface area contributed by atoms with Gasteiger partial charge in [-0.15, -0.1) is 0 Å². The van der Waals surface area contributed by atoms with Crippen LogP contribution in [-0.4, -0.2) is 8.42 Å². The van der Waals surface area contributed by atoms with Gasteiger partial charge in [0.05, 0.1) is 9.81 Å². The molecule has 0 atom stereocenters.